The van der Waals surface area contributed by atoms with Crippen molar-refractivity contribution in [3.05, 3.63) is 51.5 Å². The van der Waals surface area contributed by atoms with Gasteiger partial charge in [-0.15, -0.1) is 11.3 Å². The van der Waals surface area contributed by atoms with Crippen LogP contribution in [0.2, 0.25) is 0 Å². The maximum absolute atomic E-state index is 12.5. The molecule has 1 aliphatic carbocycles. The molecule has 0 radical (unpaired) electrons. The minimum Gasteiger partial charge on any atom is -0.350 e. The number of thiazole rings is 1. The summed E-state index contributed by atoms with van der Waals surface area (Å²) in [7, 11) is 0. The van der Waals surface area contributed by atoms with Crippen LogP contribution in [0.25, 0.3) is 0 Å². The number of aryl methyl sites for hydroxylation is 2. The first-order valence-electron chi connectivity index (χ1n) is 6.87. The fourth-order valence-electron chi connectivity index (χ4n) is 2.54. The van der Waals surface area contributed by atoms with Gasteiger partial charge in [-0.25, -0.2) is 4.98 Å². The Morgan fingerprint density at radius 3 is 2.80 bits per heavy atom. The van der Waals surface area contributed by atoms with Crippen molar-refractivity contribution in [2.45, 2.75) is 38.6 Å². The van der Waals surface area contributed by atoms with Crippen LogP contribution >= 0.6 is 11.3 Å². The number of carbonyl (C=O) groups excluding carboxylic acids is 1. The van der Waals surface area contributed by atoms with E-state index in [1.807, 2.05) is 18.4 Å². The number of rotatable bonds is 4. The average Bonchev–Trinajstić information content (AvgIpc) is 3.14. The standard InChI is InChI=1S/C16H18N2OS/c1-11-4-3-5-13(8-11)16(6-7-16)15(19)17-9-14-10-20-12(2)18-14/h3-5,8,10H,6-7,9H2,1-2H3,(H,17,19). The fourth-order valence-corrected chi connectivity index (χ4v) is 3.16. The predicted molar refractivity (Wildman–Crippen MR) is 80.8 cm³/mol. The molecule has 1 saturated carbocycles. The Labute approximate surface area is 123 Å². The average molecular weight is 286 g/mol. The summed E-state index contributed by atoms with van der Waals surface area (Å²) in [6.45, 7) is 4.57. The van der Waals surface area contributed by atoms with Gasteiger partial charge in [0.15, 0.2) is 0 Å². The first-order valence-corrected chi connectivity index (χ1v) is 7.75. The van der Waals surface area contributed by atoms with Crippen LogP contribution in [0.4, 0.5) is 0 Å². The number of nitrogens with zero attached hydrogens (tertiary/aromatic N) is 1. The molecule has 2 aromatic rings. The van der Waals surface area contributed by atoms with Gasteiger partial charge in [0, 0.05) is 5.38 Å². The monoisotopic (exact) mass is 286 g/mol. The molecule has 0 atom stereocenters. The van der Waals surface area contributed by atoms with E-state index in [4.69, 9.17) is 0 Å². The van der Waals surface area contributed by atoms with E-state index in [2.05, 4.69) is 35.4 Å². The summed E-state index contributed by atoms with van der Waals surface area (Å²) in [5.74, 6) is 0.133. The fraction of sp³-hybridized carbons (Fsp3) is 0.375. The van der Waals surface area contributed by atoms with Gasteiger partial charge in [0.1, 0.15) is 0 Å². The highest BCUT2D eigenvalue weighted by Gasteiger charge is 2.51. The van der Waals surface area contributed by atoms with E-state index in [0.29, 0.717) is 6.54 Å². The maximum Gasteiger partial charge on any atom is 0.230 e. The Morgan fingerprint density at radius 2 is 2.20 bits per heavy atom. The minimum atomic E-state index is -0.295. The van der Waals surface area contributed by atoms with Crippen molar-refractivity contribution in [3.8, 4) is 0 Å². The second kappa shape index (κ2) is 5.02. The summed E-state index contributed by atoms with van der Waals surface area (Å²) in [6.07, 6.45) is 1.89. The second-order valence-electron chi connectivity index (χ2n) is 5.49. The Balaban J connectivity index is 1.70. The molecule has 104 valence electrons. The number of benzene rings is 1. The van der Waals surface area contributed by atoms with Gasteiger partial charge in [0.2, 0.25) is 5.91 Å². The number of hydrogen-bond donors (Lipinski definition) is 1. The molecular formula is C16H18N2OS. The Bertz CT molecular complexity index is 643. The summed E-state index contributed by atoms with van der Waals surface area (Å²) in [4.78, 5) is 16.9. The summed E-state index contributed by atoms with van der Waals surface area (Å²) in [6, 6.07) is 8.28. The van der Waals surface area contributed by atoms with Gasteiger partial charge in [-0.1, -0.05) is 29.8 Å². The number of hydrogen-bond acceptors (Lipinski definition) is 3. The zero-order valence-electron chi connectivity index (χ0n) is 11.8. The predicted octanol–water partition coefficient (Wildman–Crippen LogP) is 3.11. The van der Waals surface area contributed by atoms with Crippen molar-refractivity contribution in [1.82, 2.24) is 10.3 Å². The first kappa shape index (κ1) is 13.3. The van der Waals surface area contributed by atoms with Crippen LogP contribution in [-0.2, 0) is 16.8 Å². The largest absolute Gasteiger partial charge is 0.350 e. The van der Waals surface area contributed by atoms with Crippen LogP contribution in [0.5, 0.6) is 0 Å². The molecule has 1 heterocycles. The second-order valence-corrected chi connectivity index (χ2v) is 6.55. The van der Waals surface area contributed by atoms with E-state index in [-0.39, 0.29) is 11.3 Å². The molecule has 1 amide bonds. The van der Waals surface area contributed by atoms with Crippen molar-refractivity contribution >= 4 is 17.2 Å². The van der Waals surface area contributed by atoms with Gasteiger partial charge in [-0.2, -0.15) is 0 Å². The zero-order chi connectivity index (χ0) is 14.2. The van der Waals surface area contributed by atoms with E-state index in [1.165, 1.54) is 5.56 Å². The molecule has 1 aromatic heterocycles. The number of amides is 1. The normalized spacial score (nSPS) is 15.9. The van der Waals surface area contributed by atoms with Gasteiger partial charge in [0.05, 0.1) is 22.7 Å². The lowest BCUT2D eigenvalue weighted by molar-refractivity contribution is -0.123. The summed E-state index contributed by atoms with van der Waals surface area (Å²) < 4.78 is 0. The lowest BCUT2D eigenvalue weighted by Gasteiger charge is -2.15. The Hall–Kier alpha value is -1.68. The van der Waals surface area contributed by atoms with E-state index < -0.39 is 0 Å². The molecule has 1 aliphatic rings. The molecule has 0 saturated heterocycles. The maximum atomic E-state index is 12.5. The SMILES string of the molecule is Cc1cccc(C2(C(=O)NCc3csc(C)n3)CC2)c1. The minimum absolute atomic E-state index is 0.133. The van der Waals surface area contributed by atoms with Gasteiger partial charge in [-0.05, 0) is 32.3 Å². The van der Waals surface area contributed by atoms with Crippen LogP contribution in [0, 0.1) is 13.8 Å². The number of nitrogens with one attached hydrogen (secondary N) is 1. The lowest BCUT2D eigenvalue weighted by Crippen LogP contribution is -2.34. The first-order chi connectivity index (χ1) is 9.60. The third-order valence-corrected chi connectivity index (χ3v) is 4.67. The summed E-state index contributed by atoms with van der Waals surface area (Å²) in [5.41, 5.74) is 3.00. The molecule has 1 aromatic carbocycles. The molecule has 0 spiro atoms. The highest BCUT2D eigenvalue weighted by atomic mass is 32.1. The molecule has 4 heteroatoms. The van der Waals surface area contributed by atoms with E-state index in [1.54, 1.807) is 11.3 Å². The molecule has 1 N–H and O–H groups in total. The topological polar surface area (TPSA) is 42.0 Å². The molecule has 3 nitrogen and oxygen atoms in total. The van der Waals surface area contributed by atoms with Crippen molar-refractivity contribution in [2.75, 3.05) is 0 Å². The lowest BCUT2D eigenvalue weighted by atomic mass is 9.93. The van der Waals surface area contributed by atoms with Gasteiger partial charge >= 0.3 is 0 Å². The van der Waals surface area contributed by atoms with Crippen molar-refractivity contribution in [2.24, 2.45) is 0 Å². The van der Waals surface area contributed by atoms with E-state index in [9.17, 15) is 4.79 Å². The quantitative estimate of drug-likeness (QED) is 0.938. The van der Waals surface area contributed by atoms with Crippen LogP contribution in [0.15, 0.2) is 29.6 Å². The molecule has 0 bridgehead atoms. The Morgan fingerprint density at radius 1 is 1.40 bits per heavy atom. The highest BCUT2D eigenvalue weighted by Crippen LogP contribution is 2.48. The van der Waals surface area contributed by atoms with Crippen molar-refractivity contribution < 1.29 is 4.79 Å². The highest BCUT2D eigenvalue weighted by molar-refractivity contribution is 7.09. The van der Waals surface area contributed by atoms with Crippen LogP contribution in [0.3, 0.4) is 0 Å². The smallest absolute Gasteiger partial charge is 0.230 e. The zero-order valence-corrected chi connectivity index (χ0v) is 12.6. The van der Waals surface area contributed by atoms with Crippen molar-refractivity contribution in [3.63, 3.8) is 0 Å². The summed E-state index contributed by atoms with van der Waals surface area (Å²) >= 11 is 1.62. The molecule has 20 heavy (non-hydrogen) atoms. The molecule has 0 unspecified atom stereocenters. The van der Waals surface area contributed by atoms with Gasteiger partial charge in [-0.3, -0.25) is 4.79 Å². The third kappa shape index (κ3) is 2.48. The third-order valence-electron chi connectivity index (χ3n) is 3.85. The molecule has 1 fully saturated rings. The van der Waals surface area contributed by atoms with E-state index in [0.717, 1.165) is 29.1 Å². The van der Waals surface area contributed by atoms with Crippen LogP contribution in [-0.4, -0.2) is 10.9 Å². The molecule has 3 rings (SSSR count). The number of carbonyl (C=O) groups is 1. The number of aromatic nitrogens is 1. The van der Waals surface area contributed by atoms with Gasteiger partial charge < -0.3 is 5.32 Å². The molecule has 0 aliphatic heterocycles. The molecular weight excluding hydrogens is 268 g/mol. The Kier molecular flexibility index (Phi) is 3.34. The van der Waals surface area contributed by atoms with Crippen molar-refractivity contribution in [1.29, 1.82) is 0 Å². The van der Waals surface area contributed by atoms with E-state index >= 15 is 0 Å². The van der Waals surface area contributed by atoms with Gasteiger partial charge in [0.25, 0.3) is 0 Å². The summed E-state index contributed by atoms with van der Waals surface area (Å²) in [5, 5.41) is 6.08. The van der Waals surface area contributed by atoms with Crippen LogP contribution < -0.4 is 5.32 Å². The van der Waals surface area contributed by atoms with Crippen LogP contribution in [0.1, 0.15) is 34.7 Å².